The van der Waals surface area contributed by atoms with Crippen LogP contribution in [0.4, 0.5) is 5.69 Å². The largest absolute Gasteiger partial charge is 0.487 e. The van der Waals surface area contributed by atoms with Crippen LogP contribution in [-0.2, 0) is 11.2 Å². The molecule has 2 N–H and O–H groups in total. The van der Waals surface area contributed by atoms with Gasteiger partial charge in [-0.3, -0.25) is 4.79 Å². The number of carbonyl (C=O) groups is 1. The summed E-state index contributed by atoms with van der Waals surface area (Å²) in [5, 5.41) is 6.33. The van der Waals surface area contributed by atoms with E-state index in [4.69, 9.17) is 4.74 Å². The Morgan fingerprint density at radius 3 is 2.54 bits per heavy atom. The molecule has 2 aromatic rings. The van der Waals surface area contributed by atoms with Crippen molar-refractivity contribution >= 4 is 74.6 Å². The lowest BCUT2D eigenvalue weighted by Gasteiger charge is -2.13. The Hall–Kier alpha value is -1.20. The minimum atomic E-state index is -0.181. The zero-order valence-corrected chi connectivity index (χ0v) is 20.4. The Kier molecular flexibility index (Phi) is 7.69. The van der Waals surface area contributed by atoms with Gasteiger partial charge in [0.1, 0.15) is 12.4 Å². The van der Waals surface area contributed by atoms with Crippen LogP contribution in [0.2, 0.25) is 0 Å². The molecule has 0 aromatic heterocycles. The quantitative estimate of drug-likeness (QED) is 0.241. The normalized spacial score (nSPS) is 17.5. The summed E-state index contributed by atoms with van der Waals surface area (Å²) >= 11 is 6.00. The van der Waals surface area contributed by atoms with Crippen LogP contribution in [0.3, 0.4) is 0 Å². The van der Waals surface area contributed by atoms with E-state index in [1.165, 1.54) is 17.3 Å². The maximum Gasteiger partial charge on any atom is 0.260 e. The SMILES string of the molecule is C=CCOc1c(I)cc(/C=C2\S[C@H](Nc3ccc(CC)cc3)NC2=O)cc1I. The van der Waals surface area contributed by atoms with Gasteiger partial charge in [-0.1, -0.05) is 43.5 Å². The first-order chi connectivity index (χ1) is 13.5. The van der Waals surface area contributed by atoms with Crippen LogP contribution in [0, 0.1) is 7.14 Å². The third-order valence-electron chi connectivity index (χ3n) is 4.05. The molecule has 4 nitrogen and oxygen atoms in total. The second-order valence-electron chi connectivity index (χ2n) is 6.09. The van der Waals surface area contributed by atoms with Gasteiger partial charge in [-0.15, -0.1) is 0 Å². The van der Waals surface area contributed by atoms with Crippen LogP contribution < -0.4 is 15.4 Å². The molecule has 0 aliphatic carbocycles. The fraction of sp³-hybridized carbons (Fsp3) is 0.190. The van der Waals surface area contributed by atoms with Gasteiger partial charge in [0.2, 0.25) is 0 Å². The summed E-state index contributed by atoms with van der Waals surface area (Å²) < 4.78 is 7.73. The third kappa shape index (κ3) is 5.44. The molecule has 2 aromatic carbocycles. The Balaban J connectivity index is 1.72. The van der Waals surface area contributed by atoms with E-state index in [2.05, 4.69) is 81.5 Å². The van der Waals surface area contributed by atoms with Gasteiger partial charge in [-0.2, -0.15) is 0 Å². The minimum absolute atomic E-state index is 0.0651. The smallest absolute Gasteiger partial charge is 0.260 e. The Bertz CT molecular complexity index is 890. The predicted molar refractivity (Wildman–Crippen MR) is 135 cm³/mol. The van der Waals surface area contributed by atoms with Crippen molar-refractivity contribution in [3.63, 3.8) is 0 Å². The summed E-state index contributed by atoms with van der Waals surface area (Å²) in [5.41, 5.74) is 3.08. The van der Waals surface area contributed by atoms with Gasteiger partial charge in [0.15, 0.2) is 5.50 Å². The summed E-state index contributed by atoms with van der Waals surface area (Å²) in [6, 6.07) is 12.3. The van der Waals surface area contributed by atoms with Crippen LogP contribution in [0.5, 0.6) is 5.75 Å². The summed E-state index contributed by atoms with van der Waals surface area (Å²) in [6.07, 6.45) is 4.66. The average molecular weight is 618 g/mol. The lowest BCUT2D eigenvalue weighted by Crippen LogP contribution is -2.30. The summed E-state index contributed by atoms with van der Waals surface area (Å²) in [4.78, 5) is 13.1. The van der Waals surface area contributed by atoms with Gasteiger partial charge >= 0.3 is 0 Å². The van der Waals surface area contributed by atoms with Crippen LogP contribution in [-0.4, -0.2) is 18.0 Å². The number of carbonyl (C=O) groups excluding carboxylic acids is 1. The lowest BCUT2D eigenvalue weighted by atomic mass is 10.1. The van der Waals surface area contributed by atoms with Crippen LogP contribution >= 0.6 is 56.9 Å². The van der Waals surface area contributed by atoms with E-state index in [1.807, 2.05) is 30.3 Å². The van der Waals surface area contributed by atoms with Gasteiger partial charge in [0.05, 0.1) is 12.0 Å². The monoisotopic (exact) mass is 618 g/mol. The van der Waals surface area contributed by atoms with E-state index < -0.39 is 0 Å². The number of aryl methyl sites for hydroxylation is 1. The van der Waals surface area contributed by atoms with Crippen molar-refractivity contribution in [3.05, 3.63) is 72.2 Å². The number of hydrogen-bond acceptors (Lipinski definition) is 4. The molecule has 1 aliphatic rings. The molecular weight excluding hydrogens is 598 g/mol. The third-order valence-corrected chi connectivity index (χ3v) is 6.69. The lowest BCUT2D eigenvalue weighted by molar-refractivity contribution is -0.116. The van der Waals surface area contributed by atoms with Crippen molar-refractivity contribution in [2.45, 2.75) is 18.8 Å². The van der Waals surface area contributed by atoms with Gasteiger partial charge in [0, 0.05) is 5.69 Å². The van der Waals surface area contributed by atoms with Crippen molar-refractivity contribution < 1.29 is 9.53 Å². The Morgan fingerprint density at radius 2 is 1.93 bits per heavy atom. The van der Waals surface area contributed by atoms with Crippen LogP contribution in [0.25, 0.3) is 6.08 Å². The number of nitrogens with one attached hydrogen (secondary N) is 2. The van der Waals surface area contributed by atoms with Crippen LogP contribution in [0.15, 0.2) is 54.0 Å². The van der Waals surface area contributed by atoms with Crippen molar-refractivity contribution in [1.29, 1.82) is 0 Å². The minimum Gasteiger partial charge on any atom is -0.487 e. The molecule has 1 atom stereocenters. The molecule has 1 amide bonds. The zero-order chi connectivity index (χ0) is 20.1. The van der Waals surface area contributed by atoms with E-state index in [-0.39, 0.29) is 11.4 Å². The van der Waals surface area contributed by atoms with Gasteiger partial charge in [0.25, 0.3) is 5.91 Å². The first kappa shape index (κ1) is 21.5. The molecular formula is C21H20I2N2O2S. The molecule has 0 saturated carbocycles. The summed E-state index contributed by atoms with van der Waals surface area (Å²) in [6.45, 7) is 6.28. The highest BCUT2D eigenvalue weighted by Gasteiger charge is 2.27. The molecule has 0 unspecified atom stereocenters. The molecule has 1 fully saturated rings. The molecule has 1 aliphatic heterocycles. The number of thioether (sulfide) groups is 1. The highest BCUT2D eigenvalue weighted by molar-refractivity contribution is 14.1. The standard InChI is InChI=1S/C21H20I2N2O2S/c1-3-9-27-19-16(22)10-14(11-17(19)23)12-18-20(26)25-21(28-18)24-15-7-5-13(4-2)6-8-15/h3,5-8,10-12,21,24H,1,4,9H2,2H3,(H,25,26)/b18-12-/t21-/m1/s1. The highest BCUT2D eigenvalue weighted by Crippen LogP contribution is 2.33. The van der Waals surface area contributed by atoms with Gasteiger partial charge in [-0.25, -0.2) is 0 Å². The Labute approximate surface area is 196 Å². The number of hydrogen-bond donors (Lipinski definition) is 2. The molecule has 0 spiro atoms. The van der Waals surface area contributed by atoms with E-state index in [9.17, 15) is 4.79 Å². The number of benzene rings is 2. The topological polar surface area (TPSA) is 50.4 Å². The number of anilines is 1. The first-order valence-corrected chi connectivity index (χ1v) is 11.8. The fourth-order valence-corrected chi connectivity index (χ4v) is 5.76. The van der Waals surface area contributed by atoms with E-state index in [0.29, 0.717) is 11.5 Å². The molecule has 1 saturated heterocycles. The second-order valence-corrected chi connectivity index (χ2v) is 9.56. The van der Waals surface area contributed by atoms with E-state index >= 15 is 0 Å². The van der Waals surface area contributed by atoms with Crippen molar-refractivity contribution in [1.82, 2.24) is 5.32 Å². The van der Waals surface area contributed by atoms with Crippen molar-refractivity contribution in [2.24, 2.45) is 0 Å². The number of halogens is 2. The summed E-state index contributed by atoms with van der Waals surface area (Å²) in [7, 11) is 0. The van der Waals surface area contributed by atoms with Crippen molar-refractivity contribution in [3.8, 4) is 5.75 Å². The van der Waals surface area contributed by atoms with E-state index in [1.54, 1.807) is 6.08 Å². The highest BCUT2D eigenvalue weighted by atomic mass is 127. The predicted octanol–water partition coefficient (Wildman–Crippen LogP) is 5.62. The number of amides is 1. The molecule has 7 heteroatoms. The fourth-order valence-electron chi connectivity index (χ4n) is 2.65. The Morgan fingerprint density at radius 1 is 1.25 bits per heavy atom. The second kappa shape index (κ2) is 10.0. The average Bonchev–Trinajstić information content (AvgIpc) is 3.00. The molecule has 3 rings (SSSR count). The maximum absolute atomic E-state index is 12.4. The molecule has 0 radical (unpaired) electrons. The maximum atomic E-state index is 12.4. The molecule has 0 bridgehead atoms. The first-order valence-electron chi connectivity index (χ1n) is 8.77. The van der Waals surface area contributed by atoms with Crippen LogP contribution in [0.1, 0.15) is 18.1 Å². The summed E-state index contributed by atoms with van der Waals surface area (Å²) in [5.74, 6) is 0.784. The van der Waals surface area contributed by atoms with Gasteiger partial charge < -0.3 is 15.4 Å². The van der Waals surface area contributed by atoms with Gasteiger partial charge in [-0.05, 0) is 93.1 Å². The zero-order valence-electron chi connectivity index (χ0n) is 15.3. The molecule has 146 valence electrons. The molecule has 28 heavy (non-hydrogen) atoms. The number of ether oxygens (including phenoxy) is 1. The van der Waals surface area contributed by atoms with E-state index in [0.717, 1.165) is 30.6 Å². The molecule has 1 heterocycles. The number of rotatable bonds is 7. The van der Waals surface area contributed by atoms with Crippen molar-refractivity contribution in [2.75, 3.05) is 11.9 Å².